The minimum absolute atomic E-state index is 0.0531. The molecule has 0 saturated heterocycles. The lowest BCUT2D eigenvalue weighted by Crippen LogP contribution is -2.20. The molecule has 0 saturated carbocycles. The fourth-order valence-corrected chi connectivity index (χ4v) is 3.71. The van der Waals surface area contributed by atoms with Gasteiger partial charge in [-0.3, -0.25) is 9.36 Å². The van der Waals surface area contributed by atoms with Crippen LogP contribution in [0.5, 0.6) is 5.75 Å². The third kappa shape index (κ3) is 4.20. The first-order valence-electron chi connectivity index (χ1n) is 9.07. The summed E-state index contributed by atoms with van der Waals surface area (Å²) in [6, 6.07) is 16.0. The van der Waals surface area contributed by atoms with Crippen LogP contribution in [0.25, 0.3) is 17.1 Å². The Morgan fingerprint density at radius 1 is 1.14 bits per heavy atom. The molecule has 7 heteroatoms. The predicted octanol–water partition coefficient (Wildman–Crippen LogP) is 3.90. The van der Waals surface area contributed by atoms with Gasteiger partial charge in [0.1, 0.15) is 5.75 Å². The third-order valence-electron chi connectivity index (χ3n) is 4.39. The molecule has 0 unspecified atom stereocenters. The first kappa shape index (κ1) is 19.9. The number of ether oxygens (including phenoxy) is 1. The van der Waals surface area contributed by atoms with Crippen LogP contribution >= 0.6 is 11.8 Å². The minimum Gasteiger partial charge on any atom is -0.497 e. The first-order chi connectivity index (χ1) is 13.5. The van der Waals surface area contributed by atoms with Crippen LogP contribution in [-0.2, 0) is 4.79 Å². The summed E-state index contributed by atoms with van der Waals surface area (Å²) in [7, 11) is 3.27. The summed E-state index contributed by atoms with van der Waals surface area (Å²) in [5, 5.41) is 12.2. The predicted molar refractivity (Wildman–Crippen MR) is 112 cm³/mol. The normalized spacial score (nSPS) is 10.9. The van der Waals surface area contributed by atoms with Crippen molar-refractivity contribution in [3.8, 4) is 22.8 Å². The van der Waals surface area contributed by atoms with Gasteiger partial charge < -0.3 is 10.1 Å². The van der Waals surface area contributed by atoms with Crippen LogP contribution in [0, 0.1) is 0 Å². The highest BCUT2D eigenvalue weighted by Crippen LogP contribution is 2.32. The molecule has 1 amide bonds. The fourth-order valence-electron chi connectivity index (χ4n) is 2.89. The maximum Gasteiger partial charge on any atom is 0.230 e. The highest BCUT2D eigenvalue weighted by Gasteiger charge is 2.20. The Kier molecular flexibility index (Phi) is 6.36. The molecule has 0 radical (unpaired) electrons. The molecule has 146 valence electrons. The number of benzene rings is 2. The van der Waals surface area contributed by atoms with Crippen molar-refractivity contribution in [1.82, 2.24) is 20.1 Å². The van der Waals surface area contributed by atoms with Gasteiger partial charge in [-0.2, -0.15) is 0 Å². The number of nitrogens with zero attached hydrogens (tertiary/aromatic N) is 3. The molecule has 2 aromatic carbocycles. The molecule has 1 N–H and O–H groups in total. The largest absolute Gasteiger partial charge is 0.497 e. The van der Waals surface area contributed by atoms with Crippen molar-refractivity contribution < 1.29 is 9.53 Å². The molecule has 3 rings (SSSR count). The molecule has 1 heterocycles. The van der Waals surface area contributed by atoms with Gasteiger partial charge in [0.05, 0.1) is 18.6 Å². The highest BCUT2D eigenvalue weighted by atomic mass is 32.2. The van der Waals surface area contributed by atoms with Crippen LogP contribution in [0.3, 0.4) is 0 Å². The van der Waals surface area contributed by atoms with Gasteiger partial charge in [-0.25, -0.2) is 0 Å². The van der Waals surface area contributed by atoms with Crippen molar-refractivity contribution in [3.63, 3.8) is 0 Å². The number of amides is 1. The van der Waals surface area contributed by atoms with Crippen LogP contribution < -0.4 is 10.1 Å². The SMILES string of the molecule is CNC(=O)CSc1nnc(-c2ccc(OC)cc2)n1-c1ccccc1C(C)C. The Morgan fingerprint density at radius 3 is 2.50 bits per heavy atom. The second-order valence-electron chi connectivity index (χ2n) is 6.55. The lowest BCUT2D eigenvalue weighted by atomic mass is 10.0. The number of hydrogen-bond acceptors (Lipinski definition) is 5. The second kappa shape index (κ2) is 8.93. The van der Waals surface area contributed by atoms with E-state index in [-0.39, 0.29) is 11.7 Å². The number of para-hydroxylation sites is 1. The Morgan fingerprint density at radius 2 is 1.86 bits per heavy atom. The van der Waals surface area contributed by atoms with Gasteiger partial charge in [0.15, 0.2) is 11.0 Å². The quantitative estimate of drug-likeness (QED) is 0.613. The summed E-state index contributed by atoms with van der Waals surface area (Å²) < 4.78 is 7.29. The fraction of sp³-hybridized carbons (Fsp3) is 0.286. The molecule has 0 spiro atoms. The number of rotatable bonds is 7. The molecule has 0 bridgehead atoms. The van der Waals surface area contributed by atoms with Gasteiger partial charge in [0.2, 0.25) is 5.91 Å². The molecule has 0 atom stereocenters. The van der Waals surface area contributed by atoms with E-state index < -0.39 is 0 Å². The second-order valence-corrected chi connectivity index (χ2v) is 7.49. The number of carbonyl (C=O) groups is 1. The summed E-state index contributed by atoms with van der Waals surface area (Å²) in [6.07, 6.45) is 0. The standard InChI is InChI=1S/C21H24N4O2S/c1-14(2)17-7-5-6-8-18(17)25-20(15-9-11-16(27-4)12-10-15)23-24-21(25)28-13-19(26)22-3/h5-12,14H,13H2,1-4H3,(H,22,26). The number of carbonyl (C=O) groups excluding carboxylic acids is 1. The lowest BCUT2D eigenvalue weighted by Gasteiger charge is -2.17. The van der Waals surface area contributed by atoms with E-state index in [0.717, 1.165) is 22.8 Å². The smallest absolute Gasteiger partial charge is 0.230 e. The Balaban J connectivity index is 2.13. The summed E-state index contributed by atoms with van der Waals surface area (Å²) in [5.41, 5.74) is 3.14. The molecule has 0 aliphatic rings. The van der Waals surface area contributed by atoms with Crippen molar-refractivity contribution in [2.45, 2.75) is 24.9 Å². The molecular formula is C21H24N4O2S. The first-order valence-corrected chi connectivity index (χ1v) is 10.1. The van der Waals surface area contributed by atoms with Crippen molar-refractivity contribution in [2.24, 2.45) is 0 Å². The van der Waals surface area contributed by atoms with E-state index in [4.69, 9.17) is 4.74 Å². The Hall–Kier alpha value is -2.80. The average Bonchev–Trinajstić information content (AvgIpc) is 3.15. The van der Waals surface area contributed by atoms with Crippen molar-refractivity contribution in [1.29, 1.82) is 0 Å². The summed E-state index contributed by atoms with van der Waals surface area (Å²) in [6.45, 7) is 4.32. The monoisotopic (exact) mass is 396 g/mol. The lowest BCUT2D eigenvalue weighted by molar-refractivity contribution is -0.118. The van der Waals surface area contributed by atoms with Crippen LogP contribution in [-0.4, -0.2) is 40.6 Å². The minimum atomic E-state index is -0.0531. The number of methoxy groups -OCH3 is 1. The number of aromatic nitrogens is 3. The van der Waals surface area contributed by atoms with Crippen LogP contribution in [0.15, 0.2) is 53.7 Å². The van der Waals surface area contributed by atoms with Crippen molar-refractivity contribution in [2.75, 3.05) is 19.9 Å². The molecule has 28 heavy (non-hydrogen) atoms. The van der Waals surface area contributed by atoms with Gasteiger partial charge >= 0.3 is 0 Å². The number of thioether (sulfide) groups is 1. The van der Waals surface area contributed by atoms with Gasteiger partial charge in [-0.15, -0.1) is 10.2 Å². The van der Waals surface area contributed by atoms with E-state index in [0.29, 0.717) is 11.1 Å². The average molecular weight is 397 g/mol. The van der Waals surface area contributed by atoms with Gasteiger partial charge in [0.25, 0.3) is 0 Å². The zero-order valence-electron chi connectivity index (χ0n) is 16.5. The van der Waals surface area contributed by atoms with Crippen LogP contribution in [0.2, 0.25) is 0 Å². The van der Waals surface area contributed by atoms with Crippen molar-refractivity contribution in [3.05, 3.63) is 54.1 Å². The Bertz CT molecular complexity index is 951. The van der Waals surface area contributed by atoms with Gasteiger partial charge in [-0.05, 0) is 41.8 Å². The molecule has 1 aromatic heterocycles. The van der Waals surface area contributed by atoms with E-state index in [9.17, 15) is 4.79 Å². The zero-order valence-corrected chi connectivity index (χ0v) is 17.3. The Labute approximate surface area is 169 Å². The van der Waals surface area contributed by atoms with Crippen LogP contribution in [0.1, 0.15) is 25.3 Å². The molecule has 0 fully saturated rings. The maximum absolute atomic E-state index is 11.8. The summed E-state index contributed by atoms with van der Waals surface area (Å²) >= 11 is 1.37. The molecular weight excluding hydrogens is 372 g/mol. The number of nitrogens with one attached hydrogen (secondary N) is 1. The zero-order chi connectivity index (χ0) is 20.1. The highest BCUT2D eigenvalue weighted by molar-refractivity contribution is 7.99. The maximum atomic E-state index is 11.8. The number of hydrogen-bond donors (Lipinski definition) is 1. The molecule has 0 aliphatic heterocycles. The summed E-state index contributed by atoms with van der Waals surface area (Å²) in [4.78, 5) is 11.8. The van der Waals surface area contributed by atoms with E-state index in [1.165, 1.54) is 17.3 Å². The van der Waals surface area contributed by atoms with Gasteiger partial charge in [0, 0.05) is 12.6 Å². The van der Waals surface area contributed by atoms with E-state index >= 15 is 0 Å². The van der Waals surface area contributed by atoms with Crippen LogP contribution in [0.4, 0.5) is 0 Å². The molecule has 6 nitrogen and oxygen atoms in total. The summed E-state index contributed by atoms with van der Waals surface area (Å²) in [5.74, 6) is 2.07. The van der Waals surface area contributed by atoms with E-state index in [1.54, 1.807) is 14.2 Å². The van der Waals surface area contributed by atoms with E-state index in [1.807, 2.05) is 41.0 Å². The third-order valence-corrected chi connectivity index (χ3v) is 5.32. The topological polar surface area (TPSA) is 69.0 Å². The van der Waals surface area contributed by atoms with Gasteiger partial charge in [-0.1, -0.05) is 43.8 Å². The molecule has 0 aliphatic carbocycles. The molecule has 3 aromatic rings. The van der Waals surface area contributed by atoms with E-state index in [2.05, 4.69) is 41.5 Å². The van der Waals surface area contributed by atoms with Crippen molar-refractivity contribution >= 4 is 17.7 Å².